The van der Waals surface area contributed by atoms with Crippen molar-refractivity contribution in [1.82, 2.24) is 9.97 Å². The van der Waals surface area contributed by atoms with Crippen LogP contribution in [0.2, 0.25) is 0 Å². The first-order valence-corrected chi connectivity index (χ1v) is 14.8. The van der Waals surface area contributed by atoms with E-state index in [4.69, 9.17) is 9.47 Å². The number of ether oxygens (including phenoxy) is 2. The number of aromatic amines is 2. The molecule has 43 heavy (non-hydrogen) atoms. The minimum absolute atomic E-state index is 0.0368. The van der Waals surface area contributed by atoms with Gasteiger partial charge in [-0.05, 0) is 40.2 Å². The van der Waals surface area contributed by atoms with E-state index in [9.17, 15) is 4.79 Å². The summed E-state index contributed by atoms with van der Waals surface area (Å²) in [6.07, 6.45) is 3.77. The van der Waals surface area contributed by atoms with Gasteiger partial charge in [-0.1, -0.05) is 113 Å². The number of carbonyl (C=O) groups excluding carboxylic acids is 1. The van der Waals surface area contributed by atoms with Crippen LogP contribution >= 0.6 is 0 Å². The lowest BCUT2D eigenvalue weighted by atomic mass is 10.0. The number of H-pyrrole nitrogens is 2. The van der Waals surface area contributed by atoms with Gasteiger partial charge in [-0.3, -0.25) is 4.79 Å². The lowest BCUT2D eigenvalue weighted by Gasteiger charge is -2.08. The second-order valence-electron chi connectivity index (χ2n) is 12.4. The molecule has 0 saturated heterocycles. The number of carbonyl (C=O) groups is 1. The predicted molar refractivity (Wildman–Crippen MR) is 174 cm³/mol. The summed E-state index contributed by atoms with van der Waals surface area (Å²) in [5.74, 6) is 1.96. The molecule has 5 nitrogen and oxygen atoms in total. The number of para-hydroxylation sites is 2. The van der Waals surface area contributed by atoms with Gasteiger partial charge in [0.25, 0.3) is 0 Å². The SMILES string of the molecule is CC1(C)C(C(=O)c2c[nH]c3c(OCc4ccccc4)cccc23)C1(C)C.c1ccc(COc2cccc3cc[nH]c23)cc1. The molecule has 1 fully saturated rings. The third-order valence-corrected chi connectivity index (χ3v) is 9.25. The maximum Gasteiger partial charge on any atom is 0.169 e. The summed E-state index contributed by atoms with van der Waals surface area (Å²) in [7, 11) is 0. The molecule has 2 aromatic heterocycles. The summed E-state index contributed by atoms with van der Waals surface area (Å²) in [5.41, 5.74) is 5.09. The minimum atomic E-state index is 0.0368. The zero-order valence-corrected chi connectivity index (χ0v) is 25.2. The van der Waals surface area contributed by atoms with Crippen LogP contribution < -0.4 is 9.47 Å². The standard InChI is InChI=1S/C23H25NO2.C15H13NO/c1-22(2)21(23(22,3)4)20(25)17-13-24-19-16(17)11-8-12-18(19)26-14-15-9-6-5-7-10-15;1-2-5-12(6-3-1)11-17-14-8-4-7-13-9-10-16-15(13)14/h5-13,21,24H,14H2,1-4H3;1-10,16H,11H2. The number of benzene rings is 4. The van der Waals surface area contributed by atoms with Gasteiger partial charge >= 0.3 is 0 Å². The van der Waals surface area contributed by atoms with Crippen LogP contribution in [0.4, 0.5) is 0 Å². The Morgan fingerprint density at radius 2 is 1.21 bits per heavy atom. The van der Waals surface area contributed by atoms with Crippen LogP contribution in [0.15, 0.2) is 116 Å². The fourth-order valence-electron chi connectivity index (χ4n) is 6.11. The summed E-state index contributed by atoms with van der Waals surface area (Å²) >= 11 is 0. The van der Waals surface area contributed by atoms with Gasteiger partial charge in [0.2, 0.25) is 0 Å². The molecule has 0 radical (unpaired) electrons. The monoisotopic (exact) mass is 570 g/mol. The molecule has 1 saturated carbocycles. The van der Waals surface area contributed by atoms with Gasteiger partial charge in [-0.25, -0.2) is 0 Å². The van der Waals surface area contributed by atoms with E-state index >= 15 is 0 Å². The molecule has 6 aromatic rings. The number of Topliss-reactive ketones (excluding diaryl/α,β-unsaturated/α-hetero) is 1. The normalized spacial score (nSPS) is 15.1. The molecule has 0 unspecified atom stereocenters. The molecule has 0 spiro atoms. The molecule has 5 heteroatoms. The first-order valence-electron chi connectivity index (χ1n) is 14.8. The summed E-state index contributed by atoms with van der Waals surface area (Å²) in [5, 5.41) is 2.12. The molecule has 2 heterocycles. The average molecular weight is 571 g/mol. The lowest BCUT2D eigenvalue weighted by Crippen LogP contribution is -2.06. The van der Waals surface area contributed by atoms with E-state index in [1.165, 1.54) is 10.9 Å². The van der Waals surface area contributed by atoms with Crippen molar-refractivity contribution < 1.29 is 14.3 Å². The molecule has 1 aliphatic rings. The number of rotatable bonds is 8. The van der Waals surface area contributed by atoms with E-state index in [0.717, 1.165) is 39.0 Å². The van der Waals surface area contributed by atoms with Crippen LogP contribution in [-0.2, 0) is 13.2 Å². The minimum Gasteiger partial charge on any atom is -0.487 e. The quantitative estimate of drug-likeness (QED) is 0.179. The van der Waals surface area contributed by atoms with Gasteiger partial charge in [0.1, 0.15) is 24.7 Å². The molecule has 7 rings (SSSR count). The lowest BCUT2D eigenvalue weighted by molar-refractivity contribution is 0.0947. The topological polar surface area (TPSA) is 67.1 Å². The molecule has 0 bridgehead atoms. The molecule has 2 N–H and O–H groups in total. The zero-order valence-electron chi connectivity index (χ0n) is 25.2. The number of fused-ring (bicyclic) bond motifs is 2. The largest absolute Gasteiger partial charge is 0.487 e. The maximum atomic E-state index is 13.1. The third kappa shape index (κ3) is 5.55. The Kier molecular flexibility index (Phi) is 7.57. The molecule has 0 aliphatic heterocycles. The van der Waals surface area contributed by atoms with Crippen LogP contribution in [0.5, 0.6) is 11.5 Å². The Morgan fingerprint density at radius 3 is 1.79 bits per heavy atom. The van der Waals surface area contributed by atoms with Crippen molar-refractivity contribution in [3.63, 3.8) is 0 Å². The van der Waals surface area contributed by atoms with Crippen molar-refractivity contribution in [3.05, 3.63) is 132 Å². The fraction of sp³-hybridized carbons (Fsp3) is 0.237. The van der Waals surface area contributed by atoms with Gasteiger partial charge in [-0.15, -0.1) is 0 Å². The van der Waals surface area contributed by atoms with E-state index in [-0.39, 0.29) is 22.5 Å². The molecule has 218 valence electrons. The molecular formula is C38H38N2O3. The Balaban J connectivity index is 0.000000167. The van der Waals surface area contributed by atoms with Gasteiger partial charge in [-0.2, -0.15) is 0 Å². The highest BCUT2D eigenvalue weighted by Gasteiger charge is 2.68. The van der Waals surface area contributed by atoms with E-state index in [2.05, 4.69) is 55.9 Å². The van der Waals surface area contributed by atoms with Crippen molar-refractivity contribution in [3.8, 4) is 11.5 Å². The van der Waals surface area contributed by atoms with Crippen molar-refractivity contribution in [2.75, 3.05) is 0 Å². The van der Waals surface area contributed by atoms with Crippen LogP contribution in [0.1, 0.15) is 49.2 Å². The number of aromatic nitrogens is 2. The number of ketones is 1. The van der Waals surface area contributed by atoms with Crippen LogP contribution in [0.25, 0.3) is 21.8 Å². The number of hydrogen-bond acceptors (Lipinski definition) is 3. The highest BCUT2D eigenvalue weighted by molar-refractivity contribution is 6.11. The number of hydrogen-bond donors (Lipinski definition) is 2. The maximum absolute atomic E-state index is 13.1. The van der Waals surface area contributed by atoms with Crippen molar-refractivity contribution in [2.45, 2.75) is 40.9 Å². The molecular weight excluding hydrogens is 532 g/mol. The summed E-state index contributed by atoms with van der Waals surface area (Å²) in [4.78, 5) is 19.6. The van der Waals surface area contributed by atoms with Crippen LogP contribution in [-0.4, -0.2) is 15.8 Å². The Hall–Kier alpha value is -4.77. The summed E-state index contributed by atoms with van der Waals surface area (Å²) in [6, 6.07) is 34.3. The Morgan fingerprint density at radius 1 is 0.651 bits per heavy atom. The van der Waals surface area contributed by atoms with Crippen molar-refractivity contribution in [1.29, 1.82) is 0 Å². The van der Waals surface area contributed by atoms with Crippen LogP contribution in [0.3, 0.4) is 0 Å². The third-order valence-electron chi connectivity index (χ3n) is 9.25. The Labute approximate surface area is 252 Å². The average Bonchev–Trinajstić information content (AvgIpc) is 3.49. The highest BCUT2D eigenvalue weighted by atomic mass is 16.5. The van der Waals surface area contributed by atoms with E-state index in [1.807, 2.05) is 97.3 Å². The van der Waals surface area contributed by atoms with E-state index < -0.39 is 0 Å². The van der Waals surface area contributed by atoms with E-state index in [1.54, 1.807) is 0 Å². The number of nitrogens with one attached hydrogen (secondary N) is 2. The van der Waals surface area contributed by atoms with Crippen LogP contribution in [0, 0.1) is 16.7 Å². The second kappa shape index (κ2) is 11.5. The second-order valence-corrected chi connectivity index (χ2v) is 12.4. The van der Waals surface area contributed by atoms with Gasteiger partial charge in [0, 0.05) is 34.6 Å². The first-order chi connectivity index (χ1) is 20.8. The van der Waals surface area contributed by atoms with Gasteiger partial charge < -0.3 is 19.4 Å². The molecule has 4 aromatic carbocycles. The van der Waals surface area contributed by atoms with E-state index in [0.29, 0.717) is 13.2 Å². The molecule has 0 amide bonds. The van der Waals surface area contributed by atoms with Crippen molar-refractivity contribution in [2.24, 2.45) is 16.7 Å². The zero-order chi connectivity index (χ0) is 30.0. The fourth-order valence-corrected chi connectivity index (χ4v) is 6.11. The molecule has 1 aliphatic carbocycles. The molecule has 0 atom stereocenters. The summed E-state index contributed by atoms with van der Waals surface area (Å²) in [6.45, 7) is 9.82. The first kappa shape index (κ1) is 28.4. The summed E-state index contributed by atoms with van der Waals surface area (Å²) < 4.78 is 11.8. The van der Waals surface area contributed by atoms with Gasteiger partial charge in [0.15, 0.2) is 5.78 Å². The van der Waals surface area contributed by atoms with Gasteiger partial charge in [0.05, 0.1) is 11.0 Å². The van der Waals surface area contributed by atoms with Crippen molar-refractivity contribution >= 4 is 27.6 Å². The Bertz CT molecular complexity index is 1830. The predicted octanol–water partition coefficient (Wildman–Crippen LogP) is 9.36. The highest BCUT2D eigenvalue weighted by Crippen LogP contribution is 2.69. The smallest absolute Gasteiger partial charge is 0.169 e.